The van der Waals surface area contributed by atoms with Gasteiger partial charge in [-0.25, -0.2) is 0 Å². The normalized spacial score (nSPS) is 13.9. The minimum Gasteiger partial charge on any atom is -0.497 e. The Hall–Kier alpha value is -3.02. The zero-order valence-electron chi connectivity index (χ0n) is 17.3. The summed E-state index contributed by atoms with van der Waals surface area (Å²) >= 11 is 0. The van der Waals surface area contributed by atoms with E-state index in [1.807, 2.05) is 49.1 Å². The number of carbonyl (C=O) groups is 2. The Morgan fingerprint density at radius 2 is 1.76 bits per heavy atom. The van der Waals surface area contributed by atoms with Gasteiger partial charge in [0, 0.05) is 43.5 Å². The van der Waals surface area contributed by atoms with Crippen molar-refractivity contribution in [3.63, 3.8) is 0 Å². The lowest BCUT2D eigenvalue weighted by Gasteiger charge is -2.37. The number of rotatable bonds is 7. The maximum Gasteiger partial charge on any atom is 0.226 e. The Labute approximate surface area is 172 Å². The van der Waals surface area contributed by atoms with Crippen LogP contribution >= 0.6 is 0 Å². The van der Waals surface area contributed by atoms with E-state index >= 15 is 0 Å². The SMILES string of the molecule is COc1cccc(OCCC(=O)N2CCN(c3cc(C)c(C=O)cc3C)CC2)c1. The number of piperazine rings is 1. The van der Waals surface area contributed by atoms with Gasteiger partial charge in [0.05, 0.1) is 20.1 Å². The maximum absolute atomic E-state index is 12.5. The molecule has 0 atom stereocenters. The molecule has 6 nitrogen and oxygen atoms in total. The predicted molar refractivity (Wildman–Crippen MR) is 113 cm³/mol. The van der Waals surface area contributed by atoms with Crippen molar-refractivity contribution in [2.45, 2.75) is 20.3 Å². The fourth-order valence-electron chi connectivity index (χ4n) is 3.59. The quantitative estimate of drug-likeness (QED) is 0.673. The Morgan fingerprint density at radius 3 is 2.45 bits per heavy atom. The van der Waals surface area contributed by atoms with Gasteiger partial charge in [-0.2, -0.15) is 0 Å². The van der Waals surface area contributed by atoms with Crippen LogP contribution in [0.2, 0.25) is 0 Å². The van der Waals surface area contributed by atoms with Crippen molar-refractivity contribution in [3.8, 4) is 11.5 Å². The summed E-state index contributed by atoms with van der Waals surface area (Å²) in [6.07, 6.45) is 1.25. The van der Waals surface area contributed by atoms with Crippen LogP contribution in [-0.4, -0.2) is 57.0 Å². The summed E-state index contributed by atoms with van der Waals surface area (Å²) in [5.41, 5.74) is 3.94. The number of anilines is 1. The van der Waals surface area contributed by atoms with Crippen molar-refractivity contribution < 1.29 is 19.1 Å². The van der Waals surface area contributed by atoms with Gasteiger partial charge < -0.3 is 19.3 Å². The van der Waals surface area contributed by atoms with E-state index in [1.54, 1.807) is 7.11 Å². The van der Waals surface area contributed by atoms with Crippen LogP contribution in [0.25, 0.3) is 0 Å². The van der Waals surface area contributed by atoms with Gasteiger partial charge in [0.1, 0.15) is 17.8 Å². The molecule has 1 aliphatic rings. The Bertz CT molecular complexity index is 873. The molecule has 0 saturated carbocycles. The minimum absolute atomic E-state index is 0.108. The highest BCUT2D eigenvalue weighted by molar-refractivity contribution is 5.80. The fourth-order valence-corrected chi connectivity index (χ4v) is 3.59. The van der Waals surface area contributed by atoms with E-state index in [1.165, 1.54) is 0 Å². The molecule has 0 unspecified atom stereocenters. The van der Waals surface area contributed by atoms with E-state index in [2.05, 4.69) is 11.0 Å². The number of hydrogen-bond donors (Lipinski definition) is 0. The predicted octanol–water partition coefficient (Wildman–Crippen LogP) is 3.24. The third kappa shape index (κ3) is 5.08. The lowest BCUT2D eigenvalue weighted by molar-refractivity contribution is -0.132. The van der Waals surface area contributed by atoms with Crippen molar-refractivity contribution in [2.24, 2.45) is 0 Å². The second-order valence-electron chi connectivity index (χ2n) is 7.26. The molecule has 0 N–H and O–H groups in total. The van der Waals surface area contributed by atoms with Gasteiger partial charge in [-0.3, -0.25) is 9.59 Å². The summed E-state index contributed by atoms with van der Waals surface area (Å²) in [4.78, 5) is 27.8. The van der Waals surface area contributed by atoms with Crippen molar-refractivity contribution in [1.29, 1.82) is 0 Å². The average Bonchev–Trinajstić information content (AvgIpc) is 2.75. The van der Waals surface area contributed by atoms with Gasteiger partial charge in [-0.05, 0) is 49.2 Å². The van der Waals surface area contributed by atoms with Crippen molar-refractivity contribution in [1.82, 2.24) is 4.90 Å². The number of benzene rings is 2. The summed E-state index contributed by atoms with van der Waals surface area (Å²) in [5, 5.41) is 0. The number of aldehydes is 1. The Morgan fingerprint density at radius 1 is 1.03 bits per heavy atom. The van der Waals surface area contributed by atoms with Gasteiger partial charge in [0.2, 0.25) is 5.91 Å². The van der Waals surface area contributed by atoms with E-state index in [-0.39, 0.29) is 5.91 Å². The molecular formula is C23H28N2O4. The first-order valence-corrected chi connectivity index (χ1v) is 9.88. The first-order valence-electron chi connectivity index (χ1n) is 9.88. The molecule has 3 rings (SSSR count). The lowest BCUT2D eigenvalue weighted by Crippen LogP contribution is -2.49. The summed E-state index contributed by atoms with van der Waals surface area (Å²) < 4.78 is 10.9. The number of hydrogen-bond acceptors (Lipinski definition) is 5. The summed E-state index contributed by atoms with van der Waals surface area (Å²) in [6, 6.07) is 11.4. The van der Waals surface area contributed by atoms with Crippen molar-refractivity contribution >= 4 is 17.9 Å². The molecule has 1 saturated heterocycles. The van der Waals surface area contributed by atoms with E-state index in [4.69, 9.17) is 9.47 Å². The molecule has 0 aromatic heterocycles. The molecular weight excluding hydrogens is 368 g/mol. The summed E-state index contributed by atoms with van der Waals surface area (Å²) in [7, 11) is 1.61. The number of amides is 1. The molecule has 1 fully saturated rings. The van der Waals surface area contributed by atoms with Crippen LogP contribution < -0.4 is 14.4 Å². The number of aryl methyl sites for hydroxylation is 2. The summed E-state index contributed by atoms with van der Waals surface area (Å²) in [5.74, 6) is 1.54. The van der Waals surface area contributed by atoms with Gasteiger partial charge >= 0.3 is 0 Å². The second kappa shape index (κ2) is 9.45. The number of methoxy groups -OCH3 is 1. The second-order valence-corrected chi connectivity index (χ2v) is 7.26. The van der Waals surface area contributed by atoms with E-state index in [0.29, 0.717) is 31.9 Å². The van der Waals surface area contributed by atoms with Crippen molar-refractivity contribution in [2.75, 3.05) is 44.8 Å². The minimum atomic E-state index is 0.108. The monoisotopic (exact) mass is 396 g/mol. The topological polar surface area (TPSA) is 59.1 Å². The van der Waals surface area contributed by atoms with E-state index < -0.39 is 0 Å². The molecule has 0 radical (unpaired) electrons. The van der Waals surface area contributed by atoms with Gasteiger partial charge in [-0.1, -0.05) is 6.07 Å². The number of carbonyl (C=O) groups excluding carboxylic acids is 2. The van der Waals surface area contributed by atoms with Crippen LogP contribution in [0.15, 0.2) is 36.4 Å². The largest absolute Gasteiger partial charge is 0.497 e. The standard InChI is InChI=1S/C23H28N2O4/c1-17-14-22(18(2)13-19(17)16-26)24-8-10-25(11-9-24)23(27)7-12-29-21-6-4-5-20(15-21)28-3/h4-6,13-16H,7-12H2,1-3H3. The van der Waals surface area contributed by atoms with Crippen LogP contribution in [0.5, 0.6) is 11.5 Å². The molecule has 154 valence electrons. The molecule has 0 aliphatic carbocycles. The number of nitrogens with zero attached hydrogens (tertiary/aromatic N) is 2. The molecule has 1 amide bonds. The summed E-state index contributed by atoms with van der Waals surface area (Å²) in [6.45, 7) is 7.26. The van der Waals surface area contributed by atoms with E-state index in [9.17, 15) is 9.59 Å². The van der Waals surface area contributed by atoms with Gasteiger partial charge in [-0.15, -0.1) is 0 Å². The third-order valence-corrected chi connectivity index (χ3v) is 5.31. The maximum atomic E-state index is 12.5. The highest BCUT2D eigenvalue weighted by Crippen LogP contribution is 2.25. The molecule has 0 bridgehead atoms. The van der Waals surface area contributed by atoms with Gasteiger partial charge in [0.15, 0.2) is 0 Å². The smallest absolute Gasteiger partial charge is 0.226 e. The Balaban J connectivity index is 1.49. The highest BCUT2D eigenvalue weighted by atomic mass is 16.5. The van der Waals surface area contributed by atoms with Crippen LogP contribution in [0.3, 0.4) is 0 Å². The molecule has 6 heteroatoms. The van der Waals surface area contributed by atoms with Crippen LogP contribution in [0.4, 0.5) is 5.69 Å². The zero-order chi connectivity index (χ0) is 20.8. The van der Waals surface area contributed by atoms with Gasteiger partial charge in [0.25, 0.3) is 0 Å². The Kier molecular flexibility index (Phi) is 6.75. The third-order valence-electron chi connectivity index (χ3n) is 5.31. The number of ether oxygens (including phenoxy) is 2. The molecule has 2 aromatic rings. The lowest BCUT2D eigenvalue weighted by atomic mass is 10.0. The van der Waals surface area contributed by atoms with E-state index in [0.717, 1.165) is 47.5 Å². The van der Waals surface area contributed by atoms with Crippen LogP contribution in [0, 0.1) is 13.8 Å². The fraction of sp³-hybridized carbons (Fsp3) is 0.391. The average molecular weight is 396 g/mol. The first-order chi connectivity index (χ1) is 14.0. The highest BCUT2D eigenvalue weighted by Gasteiger charge is 2.22. The van der Waals surface area contributed by atoms with Crippen LogP contribution in [-0.2, 0) is 4.79 Å². The molecule has 0 spiro atoms. The van der Waals surface area contributed by atoms with Crippen molar-refractivity contribution in [3.05, 3.63) is 53.1 Å². The first kappa shape index (κ1) is 20.7. The molecule has 29 heavy (non-hydrogen) atoms. The molecule has 2 aromatic carbocycles. The van der Waals surface area contributed by atoms with Crippen LogP contribution in [0.1, 0.15) is 27.9 Å². The molecule has 1 aliphatic heterocycles. The molecule has 1 heterocycles. The zero-order valence-corrected chi connectivity index (χ0v) is 17.3.